The summed E-state index contributed by atoms with van der Waals surface area (Å²) in [6, 6.07) is 23.7. The van der Waals surface area contributed by atoms with Crippen molar-refractivity contribution < 1.29 is 9.53 Å². The van der Waals surface area contributed by atoms with Gasteiger partial charge in [0.05, 0.1) is 29.1 Å². The summed E-state index contributed by atoms with van der Waals surface area (Å²) in [5.74, 6) is 1.32. The summed E-state index contributed by atoms with van der Waals surface area (Å²) in [6.45, 7) is 4.12. The van der Waals surface area contributed by atoms with Crippen molar-refractivity contribution >= 4 is 34.6 Å². The number of thioether (sulfide) groups is 1. The Bertz CT molecular complexity index is 1450. The number of benzene rings is 3. The second kappa shape index (κ2) is 9.64. The Kier molecular flexibility index (Phi) is 6.25. The van der Waals surface area contributed by atoms with Crippen LogP contribution in [0.5, 0.6) is 5.75 Å². The van der Waals surface area contributed by atoms with E-state index in [0.717, 1.165) is 56.2 Å². The molecule has 0 spiro atoms. The number of nitrogens with zero attached hydrogens (tertiary/aromatic N) is 3. The van der Waals surface area contributed by atoms with E-state index in [1.165, 1.54) is 5.56 Å². The van der Waals surface area contributed by atoms with E-state index in [2.05, 4.69) is 19.2 Å². The molecule has 2 heterocycles. The van der Waals surface area contributed by atoms with Crippen molar-refractivity contribution in [2.75, 3.05) is 7.11 Å². The van der Waals surface area contributed by atoms with E-state index in [9.17, 15) is 4.79 Å². The number of carbonyl (C=O) groups excluding carboxylic acids is 1. The van der Waals surface area contributed by atoms with Gasteiger partial charge in [-0.1, -0.05) is 24.3 Å². The number of nitrogens with one attached hydrogen (secondary N) is 1. The number of amides is 1. The van der Waals surface area contributed by atoms with E-state index >= 15 is 0 Å². The highest BCUT2D eigenvalue weighted by molar-refractivity contribution is 8.18. The molecular weight excluding hydrogens is 456 g/mol. The summed E-state index contributed by atoms with van der Waals surface area (Å²) in [6.07, 6.45) is 3.94. The average Bonchev–Trinajstić information content (AvgIpc) is 3.45. The van der Waals surface area contributed by atoms with Crippen LogP contribution < -0.4 is 10.1 Å². The van der Waals surface area contributed by atoms with Gasteiger partial charge >= 0.3 is 0 Å². The number of aliphatic imine (C=N–C) groups is 1. The maximum atomic E-state index is 12.3. The van der Waals surface area contributed by atoms with Gasteiger partial charge in [-0.05, 0) is 91.3 Å². The smallest absolute Gasteiger partial charge is 0.289 e. The lowest BCUT2D eigenvalue weighted by atomic mass is 10.1. The van der Waals surface area contributed by atoms with Gasteiger partial charge in [-0.2, -0.15) is 5.10 Å². The van der Waals surface area contributed by atoms with E-state index in [0.29, 0.717) is 5.84 Å². The molecule has 0 atom stereocenters. The Hall–Kier alpha value is -4.10. The Labute approximate surface area is 208 Å². The number of ether oxygens (including phenoxy) is 1. The first-order chi connectivity index (χ1) is 17.0. The van der Waals surface area contributed by atoms with E-state index in [1.54, 1.807) is 7.11 Å². The first-order valence-corrected chi connectivity index (χ1v) is 12.0. The number of amidine groups is 1. The number of hydrogen-bond donors (Lipinski definition) is 1. The summed E-state index contributed by atoms with van der Waals surface area (Å²) >= 11 is 1.13. The van der Waals surface area contributed by atoms with Gasteiger partial charge in [-0.3, -0.25) is 4.79 Å². The third-order valence-corrected chi connectivity index (χ3v) is 6.62. The fraction of sp³-hybridized carbons (Fsp3) is 0.107. The lowest BCUT2D eigenvalue weighted by Gasteiger charge is -2.04. The van der Waals surface area contributed by atoms with Gasteiger partial charge in [-0.25, -0.2) is 9.67 Å². The number of carbonyl (C=O) groups is 1. The zero-order valence-electron chi connectivity index (χ0n) is 19.6. The van der Waals surface area contributed by atoms with Gasteiger partial charge < -0.3 is 10.1 Å². The molecule has 1 aliphatic heterocycles. The molecule has 1 aliphatic rings. The van der Waals surface area contributed by atoms with Crippen LogP contribution in [0.4, 0.5) is 10.5 Å². The molecule has 0 unspecified atom stereocenters. The highest BCUT2D eigenvalue weighted by Gasteiger charge is 2.25. The van der Waals surface area contributed by atoms with Crippen LogP contribution in [0.25, 0.3) is 23.0 Å². The number of rotatable bonds is 5. The number of aromatic nitrogens is 2. The molecule has 1 aromatic heterocycles. The van der Waals surface area contributed by atoms with Crippen LogP contribution in [-0.4, -0.2) is 28.0 Å². The predicted octanol–water partition coefficient (Wildman–Crippen LogP) is 6.69. The Morgan fingerprint density at radius 3 is 2.49 bits per heavy atom. The Balaban J connectivity index is 1.60. The summed E-state index contributed by atoms with van der Waals surface area (Å²) in [4.78, 5) is 17.8. The first-order valence-electron chi connectivity index (χ1n) is 11.2. The van der Waals surface area contributed by atoms with Gasteiger partial charge in [0.1, 0.15) is 11.6 Å². The van der Waals surface area contributed by atoms with E-state index in [-0.39, 0.29) is 5.24 Å². The Morgan fingerprint density at radius 1 is 1.00 bits per heavy atom. The van der Waals surface area contributed by atoms with Gasteiger partial charge in [-0.15, -0.1) is 0 Å². The van der Waals surface area contributed by atoms with Crippen molar-refractivity contribution in [1.29, 1.82) is 0 Å². The molecule has 35 heavy (non-hydrogen) atoms. The monoisotopic (exact) mass is 480 g/mol. The molecule has 6 nitrogen and oxygen atoms in total. The molecule has 1 amide bonds. The molecule has 0 radical (unpaired) electrons. The summed E-state index contributed by atoms with van der Waals surface area (Å²) in [5.41, 5.74) is 6.73. The zero-order valence-corrected chi connectivity index (χ0v) is 20.5. The second-order valence-electron chi connectivity index (χ2n) is 8.19. The number of methoxy groups -OCH3 is 1. The van der Waals surface area contributed by atoms with Crippen molar-refractivity contribution in [2.24, 2.45) is 4.99 Å². The van der Waals surface area contributed by atoms with E-state index < -0.39 is 0 Å². The molecule has 5 rings (SSSR count). The van der Waals surface area contributed by atoms with Crippen molar-refractivity contribution in [3.63, 3.8) is 0 Å². The third-order valence-electron chi connectivity index (χ3n) is 5.80. The minimum absolute atomic E-state index is 0.153. The van der Waals surface area contributed by atoms with Crippen LogP contribution in [0.2, 0.25) is 0 Å². The molecule has 0 saturated carbocycles. The maximum absolute atomic E-state index is 12.3. The molecule has 1 saturated heterocycles. The lowest BCUT2D eigenvalue weighted by Crippen LogP contribution is -2.18. The lowest BCUT2D eigenvalue weighted by molar-refractivity contribution is 0.265. The molecule has 0 aliphatic carbocycles. The molecule has 174 valence electrons. The summed E-state index contributed by atoms with van der Waals surface area (Å²) in [5, 5.41) is 7.60. The Morgan fingerprint density at radius 2 is 1.77 bits per heavy atom. The van der Waals surface area contributed by atoms with Crippen LogP contribution in [0, 0.1) is 13.8 Å². The largest absolute Gasteiger partial charge is 0.497 e. The van der Waals surface area contributed by atoms with Crippen LogP contribution in [-0.2, 0) is 0 Å². The third kappa shape index (κ3) is 4.90. The molecule has 0 bridgehead atoms. The minimum atomic E-state index is -0.153. The molecule has 4 aromatic rings. The second-order valence-corrected chi connectivity index (χ2v) is 9.21. The number of para-hydroxylation sites is 1. The van der Waals surface area contributed by atoms with Crippen LogP contribution in [0.3, 0.4) is 0 Å². The zero-order chi connectivity index (χ0) is 24.4. The van der Waals surface area contributed by atoms with Gasteiger partial charge in [0, 0.05) is 17.3 Å². The highest BCUT2D eigenvalue weighted by atomic mass is 32.2. The summed E-state index contributed by atoms with van der Waals surface area (Å²) in [7, 11) is 1.65. The topological polar surface area (TPSA) is 68.5 Å². The van der Waals surface area contributed by atoms with E-state index in [4.69, 9.17) is 14.8 Å². The normalized spacial score (nSPS) is 15.6. The molecule has 1 fully saturated rings. The predicted molar refractivity (Wildman–Crippen MR) is 143 cm³/mol. The fourth-order valence-corrected chi connectivity index (χ4v) is 4.48. The minimum Gasteiger partial charge on any atom is -0.497 e. The van der Waals surface area contributed by atoms with Crippen molar-refractivity contribution in [1.82, 2.24) is 15.1 Å². The standard InChI is InChI=1S/C28H24N4O2S/c1-18-9-12-22(15-19(18)2)29-27-25(35-28(33)30-27)16-21-17-32(23-7-5-4-6-8-23)31-26(21)20-10-13-24(34-3)14-11-20/h4-17H,1-3H3,(H,29,30,33). The van der Waals surface area contributed by atoms with Crippen LogP contribution >= 0.6 is 11.8 Å². The van der Waals surface area contributed by atoms with Crippen LogP contribution in [0.1, 0.15) is 16.7 Å². The number of aryl methyl sites for hydroxylation is 2. The highest BCUT2D eigenvalue weighted by Crippen LogP contribution is 2.33. The first kappa shape index (κ1) is 22.7. The average molecular weight is 481 g/mol. The molecular formula is C28H24N4O2S. The van der Waals surface area contributed by atoms with E-state index in [1.807, 2.05) is 89.8 Å². The van der Waals surface area contributed by atoms with Crippen molar-refractivity contribution in [3.05, 3.63) is 101 Å². The quantitative estimate of drug-likeness (QED) is 0.345. The molecule has 1 N–H and O–H groups in total. The molecule has 7 heteroatoms. The number of hydrogen-bond acceptors (Lipinski definition) is 5. The van der Waals surface area contributed by atoms with Gasteiger partial charge in [0.2, 0.25) is 0 Å². The summed E-state index contributed by atoms with van der Waals surface area (Å²) < 4.78 is 7.16. The van der Waals surface area contributed by atoms with Gasteiger partial charge in [0.25, 0.3) is 5.24 Å². The van der Waals surface area contributed by atoms with Crippen LogP contribution in [0.15, 0.2) is 88.9 Å². The molecule has 3 aromatic carbocycles. The van der Waals surface area contributed by atoms with Crippen molar-refractivity contribution in [3.8, 4) is 22.7 Å². The maximum Gasteiger partial charge on any atom is 0.289 e. The van der Waals surface area contributed by atoms with Crippen molar-refractivity contribution in [2.45, 2.75) is 13.8 Å². The van der Waals surface area contributed by atoms with Gasteiger partial charge in [0.15, 0.2) is 0 Å². The fourth-order valence-electron chi connectivity index (χ4n) is 3.76. The SMILES string of the molecule is COc1ccc(-c2nn(-c3ccccc3)cc2C=C2SC(=O)NC2=Nc2ccc(C)c(C)c2)cc1.